The Balaban J connectivity index is 1.57. The van der Waals surface area contributed by atoms with E-state index in [1.165, 1.54) is 51.4 Å². The highest BCUT2D eigenvalue weighted by Gasteiger charge is 2.25. The van der Waals surface area contributed by atoms with Gasteiger partial charge in [-0.05, 0) is 49.1 Å². The van der Waals surface area contributed by atoms with Crippen LogP contribution in [0, 0.1) is 5.92 Å². The van der Waals surface area contributed by atoms with Crippen molar-refractivity contribution in [1.29, 1.82) is 0 Å². The van der Waals surface area contributed by atoms with Gasteiger partial charge in [0, 0.05) is 12.1 Å². The molecule has 3 rings (SSSR count). The molecule has 1 nitrogen and oxygen atoms in total. The maximum Gasteiger partial charge on any atom is 0.0113 e. The topological polar surface area (TPSA) is 12.0 Å². The Kier molecular flexibility index (Phi) is 4.22. The summed E-state index contributed by atoms with van der Waals surface area (Å²) in [4.78, 5) is 0. The van der Waals surface area contributed by atoms with Crippen LogP contribution in [0.25, 0.3) is 0 Å². The lowest BCUT2D eigenvalue weighted by molar-refractivity contribution is 0.254. The maximum atomic E-state index is 3.96. The summed E-state index contributed by atoms with van der Waals surface area (Å²) < 4.78 is 0. The Labute approximate surface area is 117 Å². The first-order valence-corrected chi connectivity index (χ1v) is 8.18. The third-order valence-corrected chi connectivity index (χ3v) is 5.18. The van der Waals surface area contributed by atoms with Gasteiger partial charge in [-0.2, -0.15) is 0 Å². The zero-order chi connectivity index (χ0) is 13.1. The van der Waals surface area contributed by atoms with Crippen molar-refractivity contribution in [2.45, 2.75) is 70.4 Å². The van der Waals surface area contributed by atoms with Gasteiger partial charge in [-0.3, -0.25) is 0 Å². The molecular weight excluding hydrogens is 230 g/mol. The molecule has 2 aliphatic rings. The summed E-state index contributed by atoms with van der Waals surface area (Å²) in [7, 11) is 0. The quantitative estimate of drug-likeness (QED) is 0.859. The summed E-state index contributed by atoms with van der Waals surface area (Å²) in [5.41, 5.74) is 3.16. The van der Waals surface area contributed by atoms with Crippen molar-refractivity contribution in [3.05, 3.63) is 35.4 Å². The van der Waals surface area contributed by atoms with E-state index in [1.807, 2.05) is 0 Å². The van der Waals surface area contributed by atoms with Gasteiger partial charge in [-0.15, -0.1) is 0 Å². The second-order valence-electron chi connectivity index (χ2n) is 6.51. The van der Waals surface area contributed by atoms with Gasteiger partial charge in [-0.25, -0.2) is 0 Å². The normalized spacial score (nSPS) is 30.9. The van der Waals surface area contributed by atoms with Gasteiger partial charge < -0.3 is 5.32 Å². The van der Waals surface area contributed by atoms with Gasteiger partial charge in [-0.1, -0.05) is 50.5 Å². The summed E-state index contributed by atoms with van der Waals surface area (Å²) in [5, 5.41) is 3.96. The zero-order valence-corrected chi connectivity index (χ0v) is 12.2. The molecule has 1 heteroatoms. The molecule has 104 valence electrons. The minimum atomic E-state index is 0.718. The molecule has 1 fully saturated rings. The first-order valence-electron chi connectivity index (χ1n) is 8.18. The van der Waals surface area contributed by atoms with Crippen molar-refractivity contribution in [1.82, 2.24) is 5.32 Å². The molecule has 1 N–H and O–H groups in total. The second-order valence-corrected chi connectivity index (χ2v) is 6.51. The average molecular weight is 257 g/mol. The SMILES string of the molecule is CCC1CCCC(NC2CCc3ccccc3C2)C1. The van der Waals surface area contributed by atoms with Crippen molar-refractivity contribution in [2.75, 3.05) is 0 Å². The molecule has 0 radical (unpaired) electrons. The van der Waals surface area contributed by atoms with E-state index in [1.54, 1.807) is 11.1 Å². The van der Waals surface area contributed by atoms with Crippen molar-refractivity contribution in [2.24, 2.45) is 5.92 Å². The molecule has 0 heterocycles. The first-order chi connectivity index (χ1) is 9.35. The van der Waals surface area contributed by atoms with Crippen LogP contribution < -0.4 is 5.32 Å². The lowest BCUT2D eigenvalue weighted by Gasteiger charge is -2.34. The summed E-state index contributed by atoms with van der Waals surface area (Å²) in [6.07, 6.45) is 10.9. The number of fused-ring (bicyclic) bond motifs is 1. The lowest BCUT2D eigenvalue weighted by atomic mass is 9.82. The molecule has 0 aliphatic heterocycles. The Morgan fingerprint density at radius 3 is 2.74 bits per heavy atom. The molecule has 3 atom stereocenters. The molecule has 0 amide bonds. The Morgan fingerprint density at radius 1 is 1.05 bits per heavy atom. The molecule has 0 saturated heterocycles. The van der Waals surface area contributed by atoms with E-state index in [9.17, 15) is 0 Å². The van der Waals surface area contributed by atoms with E-state index in [-0.39, 0.29) is 0 Å². The van der Waals surface area contributed by atoms with Crippen LogP contribution in [-0.2, 0) is 12.8 Å². The highest BCUT2D eigenvalue weighted by atomic mass is 15.0. The molecule has 0 aromatic heterocycles. The fourth-order valence-corrected chi connectivity index (χ4v) is 3.99. The van der Waals surface area contributed by atoms with Gasteiger partial charge in [0.05, 0.1) is 0 Å². The number of aryl methyl sites for hydroxylation is 1. The van der Waals surface area contributed by atoms with Crippen LogP contribution in [0.3, 0.4) is 0 Å². The van der Waals surface area contributed by atoms with Crippen molar-refractivity contribution < 1.29 is 0 Å². The average Bonchev–Trinajstić information content (AvgIpc) is 2.47. The molecule has 19 heavy (non-hydrogen) atoms. The highest BCUT2D eigenvalue weighted by molar-refractivity contribution is 5.30. The van der Waals surface area contributed by atoms with Gasteiger partial charge in [0.15, 0.2) is 0 Å². The van der Waals surface area contributed by atoms with Crippen LogP contribution in [0.5, 0.6) is 0 Å². The standard InChI is InChI=1S/C18H27N/c1-2-14-6-5-9-17(12-14)19-18-11-10-15-7-3-4-8-16(15)13-18/h3-4,7-8,14,17-19H,2,5-6,9-13H2,1H3. The summed E-state index contributed by atoms with van der Waals surface area (Å²) in [6, 6.07) is 10.5. The molecule has 2 aliphatic carbocycles. The minimum Gasteiger partial charge on any atom is -0.311 e. The summed E-state index contributed by atoms with van der Waals surface area (Å²) in [5.74, 6) is 0.974. The molecule has 3 unspecified atom stereocenters. The molecule has 1 aromatic carbocycles. The van der Waals surface area contributed by atoms with Crippen LogP contribution in [0.1, 0.15) is 56.6 Å². The number of nitrogens with one attached hydrogen (secondary N) is 1. The lowest BCUT2D eigenvalue weighted by Crippen LogP contribution is -2.43. The largest absolute Gasteiger partial charge is 0.311 e. The first kappa shape index (κ1) is 13.2. The van der Waals surface area contributed by atoms with Gasteiger partial charge in [0.1, 0.15) is 0 Å². The van der Waals surface area contributed by atoms with Crippen molar-refractivity contribution in [3.8, 4) is 0 Å². The Morgan fingerprint density at radius 2 is 1.89 bits per heavy atom. The molecule has 1 saturated carbocycles. The van der Waals surface area contributed by atoms with E-state index >= 15 is 0 Å². The van der Waals surface area contributed by atoms with Crippen LogP contribution in [0.2, 0.25) is 0 Å². The Bertz CT molecular complexity index is 412. The van der Waals surface area contributed by atoms with E-state index in [0.29, 0.717) is 0 Å². The van der Waals surface area contributed by atoms with Crippen LogP contribution >= 0.6 is 0 Å². The zero-order valence-electron chi connectivity index (χ0n) is 12.2. The van der Waals surface area contributed by atoms with E-state index in [4.69, 9.17) is 0 Å². The Hall–Kier alpha value is -0.820. The van der Waals surface area contributed by atoms with Crippen LogP contribution in [0.4, 0.5) is 0 Å². The third-order valence-electron chi connectivity index (χ3n) is 5.18. The number of hydrogen-bond acceptors (Lipinski definition) is 1. The second kappa shape index (κ2) is 6.09. The molecule has 1 aromatic rings. The van der Waals surface area contributed by atoms with E-state index in [0.717, 1.165) is 18.0 Å². The fraction of sp³-hybridized carbons (Fsp3) is 0.667. The van der Waals surface area contributed by atoms with Gasteiger partial charge in [0.25, 0.3) is 0 Å². The van der Waals surface area contributed by atoms with Gasteiger partial charge in [0.2, 0.25) is 0 Å². The predicted octanol–water partition coefficient (Wildman–Crippen LogP) is 4.10. The van der Waals surface area contributed by atoms with Gasteiger partial charge >= 0.3 is 0 Å². The fourth-order valence-electron chi connectivity index (χ4n) is 3.99. The monoisotopic (exact) mass is 257 g/mol. The van der Waals surface area contributed by atoms with Crippen LogP contribution in [-0.4, -0.2) is 12.1 Å². The number of rotatable bonds is 3. The van der Waals surface area contributed by atoms with Crippen LogP contribution in [0.15, 0.2) is 24.3 Å². The maximum absolute atomic E-state index is 3.96. The highest BCUT2D eigenvalue weighted by Crippen LogP contribution is 2.28. The number of hydrogen-bond donors (Lipinski definition) is 1. The third kappa shape index (κ3) is 3.20. The molecular formula is C18H27N. The summed E-state index contributed by atoms with van der Waals surface area (Å²) >= 11 is 0. The van der Waals surface area contributed by atoms with E-state index in [2.05, 4.69) is 36.5 Å². The minimum absolute atomic E-state index is 0.718. The number of benzene rings is 1. The van der Waals surface area contributed by atoms with E-state index < -0.39 is 0 Å². The predicted molar refractivity (Wildman–Crippen MR) is 81.4 cm³/mol. The molecule has 0 spiro atoms. The van der Waals surface area contributed by atoms with Crippen molar-refractivity contribution >= 4 is 0 Å². The van der Waals surface area contributed by atoms with Crippen molar-refractivity contribution in [3.63, 3.8) is 0 Å². The summed E-state index contributed by atoms with van der Waals surface area (Å²) in [6.45, 7) is 2.35. The molecule has 0 bridgehead atoms. The smallest absolute Gasteiger partial charge is 0.0113 e.